The highest BCUT2D eigenvalue weighted by Crippen LogP contribution is 2.26. The van der Waals surface area contributed by atoms with E-state index in [4.69, 9.17) is 23.7 Å². The van der Waals surface area contributed by atoms with Gasteiger partial charge >= 0.3 is 30.2 Å². The molecule has 3 saturated heterocycles. The number of aryl methyl sites for hydroxylation is 1. The first kappa shape index (κ1) is 61.6. The molecule has 0 aliphatic carbocycles. The van der Waals surface area contributed by atoms with Crippen molar-refractivity contribution in [1.82, 2.24) is 14.7 Å². The molecule has 6 rings (SSSR count). The quantitative estimate of drug-likeness (QED) is 0.0771. The van der Waals surface area contributed by atoms with E-state index in [0.29, 0.717) is 133 Å². The van der Waals surface area contributed by atoms with Gasteiger partial charge < -0.3 is 53.1 Å². The minimum Gasteiger partial charge on any atom is -0.466 e. The van der Waals surface area contributed by atoms with E-state index in [1.54, 1.807) is 58.9 Å². The smallest absolute Gasteiger partial charge is 0.410 e. The molecule has 3 aliphatic heterocycles. The molecule has 3 aromatic carbocycles. The van der Waals surface area contributed by atoms with Crippen molar-refractivity contribution in [2.45, 2.75) is 106 Å². The minimum atomic E-state index is -0.534. The number of carbonyl (C=O) groups is 6. The SMILES string of the molecule is CC(C)(C)OC(=O)N1CCN(c2ccc(C=O)cc2F)CC1.CCOC(=O)/C=C\c1ccc(N2CCN(C(=O)OC(C)(C)C)CC2)c(F)c1.CCOC(=O)CCc1ccc(N2CCN(C(=O)OC(C)(C)C)CC2)c(F)c1. The summed E-state index contributed by atoms with van der Waals surface area (Å²) in [4.78, 5) is 80.2. The third kappa shape index (κ3) is 20.6. The van der Waals surface area contributed by atoms with E-state index < -0.39 is 28.6 Å². The number of halogens is 3. The van der Waals surface area contributed by atoms with Crippen molar-refractivity contribution in [3.63, 3.8) is 0 Å². The van der Waals surface area contributed by atoms with Crippen molar-refractivity contribution in [2.24, 2.45) is 0 Å². The fraction of sp³-hybridized carbons (Fsp3) is 0.536. The molecule has 17 nitrogen and oxygen atoms in total. The summed E-state index contributed by atoms with van der Waals surface area (Å²) in [7, 11) is 0. The number of aldehydes is 1. The molecule has 0 unspecified atom stereocenters. The largest absolute Gasteiger partial charge is 0.466 e. The molecule has 3 aliphatic rings. The Balaban J connectivity index is 0.000000248. The number of anilines is 3. The fourth-order valence-corrected chi connectivity index (χ4v) is 7.90. The number of ether oxygens (including phenoxy) is 5. The van der Waals surface area contributed by atoms with E-state index in [2.05, 4.69) is 0 Å². The minimum absolute atomic E-state index is 0.237. The van der Waals surface area contributed by atoms with Gasteiger partial charge in [-0.05, 0) is 142 Å². The lowest BCUT2D eigenvalue weighted by atomic mass is 10.1. The van der Waals surface area contributed by atoms with Gasteiger partial charge in [-0.3, -0.25) is 9.59 Å². The Morgan fingerprint density at radius 1 is 0.500 bits per heavy atom. The van der Waals surface area contributed by atoms with Gasteiger partial charge in [0.2, 0.25) is 0 Å². The summed E-state index contributed by atoms with van der Waals surface area (Å²) < 4.78 is 68.8. The Bertz CT molecular complexity index is 2470. The lowest BCUT2D eigenvalue weighted by Crippen LogP contribution is -2.50. The molecule has 418 valence electrons. The first-order valence-corrected chi connectivity index (χ1v) is 25.7. The summed E-state index contributed by atoms with van der Waals surface area (Å²) >= 11 is 0. The van der Waals surface area contributed by atoms with Crippen LogP contribution in [0, 0.1) is 17.5 Å². The van der Waals surface area contributed by atoms with Gasteiger partial charge in [0, 0.05) is 96.6 Å². The van der Waals surface area contributed by atoms with Gasteiger partial charge in [-0.1, -0.05) is 12.1 Å². The van der Waals surface area contributed by atoms with Crippen molar-refractivity contribution < 1.29 is 65.6 Å². The van der Waals surface area contributed by atoms with Gasteiger partial charge in [0.1, 0.15) is 40.5 Å². The van der Waals surface area contributed by atoms with Gasteiger partial charge in [-0.15, -0.1) is 0 Å². The number of nitrogens with zero attached hydrogens (tertiary/aromatic N) is 6. The van der Waals surface area contributed by atoms with Gasteiger partial charge in [-0.25, -0.2) is 32.3 Å². The van der Waals surface area contributed by atoms with Crippen molar-refractivity contribution in [3.05, 3.63) is 94.8 Å². The third-order valence-corrected chi connectivity index (χ3v) is 11.5. The molecule has 3 amide bonds. The molecular formula is C56H77F3N6O11. The average Bonchev–Trinajstić information content (AvgIpc) is 3.34. The van der Waals surface area contributed by atoms with Crippen LogP contribution in [0.3, 0.4) is 0 Å². The molecule has 0 aromatic heterocycles. The first-order valence-electron chi connectivity index (χ1n) is 25.7. The second-order valence-corrected chi connectivity index (χ2v) is 21.1. The lowest BCUT2D eigenvalue weighted by Gasteiger charge is -2.36. The van der Waals surface area contributed by atoms with Crippen LogP contribution in [0.2, 0.25) is 0 Å². The van der Waals surface area contributed by atoms with Crippen molar-refractivity contribution in [1.29, 1.82) is 0 Å². The molecule has 3 fully saturated rings. The number of hydrogen-bond donors (Lipinski definition) is 0. The highest BCUT2D eigenvalue weighted by Gasteiger charge is 2.30. The zero-order chi connectivity index (χ0) is 56.4. The first-order chi connectivity index (χ1) is 35.7. The van der Waals surface area contributed by atoms with E-state index in [0.717, 1.165) is 5.56 Å². The zero-order valence-electron chi connectivity index (χ0n) is 46.0. The number of carbonyl (C=O) groups excluding carboxylic acids is 6. The second kappa shape index (κ2) is 28.2. The van der Waals surface area contributed by atoms with Gasteiger partial charge in [0.15, 0.2) is 0 Å². The maximum absolute atomic E-state index is 14.5. The number of esters is 2. The molecule has 0 bridgehead atoms. The van der Waals surface area contributed by atoms with Crippen LogP contribution in [-0.2, 0) is 39.7 Å². The van der Waals surface area contributed by atoms with Crippen molar-refractivity contribution in [3.8, 4) is 0 Å². The molecule has 0 atom stereocenters. The van der Waals surface area contributed by atoms with E-state index in [9.17, 15) is 41.9 Å². The summed E-state index contributed by atoms with van der Waals surface area (Å²) in [5, 5.41) is 0. The Hall–Kier alpha value is -6.99. The number of piperazine rings is 3. The second-order valence-electron chi connectivity index (χ2n) is 21.1. The maximum atomic E-state index is 14.5. The zero-order valence-corrected chi connectivity index (χ0v) is 46.0. The van der Waals surface area contributed by atoms with Crippen LogP contribution in [0.1, 0.15) is 104 Å². The molecule has 0 radical (unpaired) electrons. The van der Waals surface area contributed by atoms with E-state index >= 15 is 0 Å². The van der Waals surface area contributed by atoms with Crippen LogP contribution < -0.4 is 14.7 Å². The molecule has 20 heteroatoms. The van der Waals surface area contributed by atoms with Crippen molar-refractivity contribution >= 4 is 59.6 Å². The van der Waals surface area contributed by atoms with Gasteiger partial charge in [-0.2, -0.15) is 0 Å². The number of hydrogen-bond acceptors (Lipinski definition) is 14. The molecular weight excluding hydrogens is 990 g/mol. The highest BCUT2D eigenvalue weighted by atomic mass is 19.1. The Kier molecular flexibility index (Phi) is 22.9. The molecule has 76 heavy (non-hydrogen) atoms. The van der Waals surface area contributed by atoms with Crippen LogP contribution in [0.4, 0.5) is 44.6 Å². The predicted octanol–water partition coefficient (Wildman–Crippen LogP) is 9.53. The Morgan fingerprint density at radius 2 is 0.855 bits per heavy atom. The van der Waals surface area contributed by atoms with Crippen LogP contribution >= 0.6 is 0 Å². The van der Waals surface area contributed by atoms with E-state index in [-0.39, 0.29) is 42.3 Å². The standard InChI is InChI=1S/C20H29FN2O4.C20H27FN2O4.C16H21FN2O3/c2*1-5-26-18(24)9-7-15-6-8-17(16(21)14-15)22-10-12-23(13-11-22)19(25)27-20(2,3)4;1-16(2,3)22-15(21)19-8-6-18(7-9-19)14-5-4-12(11-20)10-13(14)17/h6,8,14H,5,7,9-13H2,1-4H3;6-9,14H,5,10-13H2,1-4H3;4-5,10-11H,6-9H2,1-3H3/b;9-7-;. The number of amides is 3. The number of rotatable bonds is 11. The third-order valence-electron chi connectivity index (χ3n) is 11.5. The van der Waals surface area contributed by atoms with E-state index in [1.165, 1.54) is 30.4 Å². The van der Waals surface area contributed by atoms with Crippen LogP contribution in [-0.4, -0.2) is 160 Å². The maximum Gasteiger partial charge on any atom is 0.410 e. The molecule has 3 aromatic rings. The molecule has 0 saturated carbocycles. The summed E-state index contributed by atoms with van der Waals surface area (Å²) in [6.07, 6.45) is 3.07. The van der Waals surface area contributed by atoms with Crippen LogP contribution in [0.5, 0.6) is 0 Å². The van der Waals surface area contributed by atoms with Gasteiger partial charge in [0.05, 0.1) is 30.3 Å². The van der Waals surface area contributed by atoms with Crippen LogP contribution in [0.25, 0.3) is 6.08 Å². The predicted molar refractivity (Wildman–Crippen MR) is 285 cm³/mol. The Labute approximate surface area is 445 Å². The lowest BCUT2D eigenvalue weighted by molar-refractivity contribution is -0.143. The summed E-state index contributed by atoms with van der Waals surface area (Å²) in [6.45, 7) is 26.6. The summed E-state index contributed by atoms with van der Waals surface area (Å²) in [5.41, 5.74) is 1.51. The van der Waals surface area contributed by atoms with E-state index in [1.807, 2.05) is 83.1 Å². The molecule has 0 N–H and O–H groups in total. The molecule has 0 spiro atoms. The number of benzene rings is 3. The highest BCUT2D eigenvalue weighted by molar-refractivity contribution is 5.87. The van der Waals surface area contributed by atoms with Crippen LogP contribution in [0.15, 0.2) is 60.7 Å². The average molecular weight is 1070 g/mol. The monoisotopic (exact) mass is 1070 g/mol. The van der Waals surface area contributed by atoms with Gasteiger partial charge in [0.25, 0.3) is 0 Å². The summed E-state index contributed by atoms with van der Waals surface area (Å²) in [6, 6.07) is 14.3. The topological polar surface area (TPSA) is 168 Å². The molecule has 3 heterocycles. The van der Waals surface area contributed by atoms with Crippen molar-refractivity contribution in [2.75, 3.05) is 106 Å². The Morgan fingerprint density at radius 3 is 1.20 bits per heavy atom. The normalized spacial score (nSPS) is 15.2. The summed E-state index contributed by atoms with van der Waals surface area (Å²) in [5.74, 6) is -1.84. The fourth-order valence-electron chi connectivity index (χ4n) is 7.90.